The summed E-state index contributed by atoms with van der Waals surface area (Å²) in [7, 11) is 0. The number of halogens is 2. The Morgan fingerprint density at radius 2 is 1.82 bits per heavy atom. The smallest absolute Gasteiger partial charge is 0.227 e. The van der Waals surface area contributed by atoms with E-state index in [1.54, 1.807) is 23.6 Å². The first kappa shape index (κ1) is 21.3. The minimum absolute atomic E-state index is 0.0786. The van der Waals surface area contributed by atoms with Crippen LogP contribution in [0.2, 0.25) is 5.02 Å². The molecule has 1 aliphatic rings. The molecule has 168 valence electrons. The lowest BCUT2D eigenvalue weighted by Gasteiger charge is -2.32. The molecule has 2 aromatic heterocycles. The average molecular weight is 465 g/mol. The number of aryl methyl sites for hydroxylation is 1. The lowest BCUT2D eigenvalue weighted by molar-refractivity contribution is -0.120. The molecule has 5 rings (SSSR count). The predicted octanol–water partition coefficient (Wildman–Crippen LogP) is 4.75. The maximum Gasteiger partial charge on any atom is 0.227 e. The number of hydrogen-bond donors (Lipinski definition) is 1. The summed E-state index contributed by atoms with van der Waals surface area (Å²) in [4.78, 5) is 14.8. The number of carbonyl (C=O) groups excluding carboxylic acids is 1. The van der Waals surface area contributed by atoms with E-state index in [9.17, 15) is 9.18 Å². The second-order valence-corrected chi connectivity index (χ2v) is 8.64. The molecule has 4 aromatic rings. The van der Waals surface area contributed by atoms with E-state index in [0.717, 1.165) is 11.4 Å². The summed E-state index contributed by atoms with van der Waals surface area (Å²) in [6.07, 6.45) is 1.37. The number of piperidine rings is 1. The second-order valence-electron chi connectivity index (χ2n) is 8.21. The molecule has 0 saturated carbocycles. The first-order chi connectivity index (χ1) is 16.0. The number of rotatable bonds is 4. The van der Waals surface area contributed by atoms with Crippen molar-refractivity contribution < 1.29 is 9.18 Å². The zero-order chi connectivity index (χ0) is 22.9. The number of fused-ring (bicyclic) bond motifs is 1. The fraction of sp³-hybridized carbons (Fsp3) is 0.250. The van der Waals surface area contributed by atoms with E-state index in [2.05, 4.69) is 20.4 Å². The van der Waals surface area contributed by atoms with Gasteiger partial charge in [0.25, 0.3) is 0 Å². The molecule has 1 fully saturated rings. The van der Waals surface area contributed by atoms with E-state index in [1.807, 2.05) is 36.4 Å². The highest BCUT2D eigenvalue weighted by Crippen LogP contribution is 2.25. The van der Waals surface area contributed by atoms with Gasteiger partial charge in [0.05, 0.1) is 0 Å². The van der Waals surface area contributed by atoms with Crippen molar-refractivity contribution in [2.75, 3.05) is 23.3 Å². The van der Waals surface area contributed by atoms with Gasteiger partial charge in [-0.2, -0.15) is 4.52 Å². The van der Waals surface area contributed by atoms with Crippen LogP contribution in [0.15, 0.2) is 54.6 Å². The zero-order valence-corrected chi connectivity index (χ0v) is 18.8. The van der Waals surface area contributed by atoms with Crippen LogP contribution in [0.5, 0.6) is 0 Å². The van der Waals surface area contributed by atoms with Gasteiger partial charge in [0, 0.05) is 35.3 Å². The Labute approximate surface area is 195 Å². The van der Waals surface area contributed by atoms with Gasteiger partial charge in [-0.25, -0.2) is 4.39 Å². The largest absolute Gasteiger partial charge is 0.355 e. The maximum atomic E-state index is 13.8. The Morgan fingerprint density at radius 3 is 2.55 bits per heavy atom. The molecule has 3 heterocycles. The summed E-state index contributed by atoms with van der Waals surface area (Å²) in [6, 6.07) is 15.9. The number of benzene rings is 2. The Hall–Kier alpha value is -3.52. The van der Waals surface area contributed by atoms with Gasteiger partial charge in [-0.05, 0) is 73.9 Å². The van der Waals surface area contributed by atoms with Crippen LogP contribution in [0.3, 0.4) is 0 Å². The van der Waals surface area contributed by atoms with E-state index in [1.165, 1.54) is 6.07 Å². The van der Waals surface area contributed by atoms with Crippen LogP contribution < -0.4 is 10.2 Å². The van der Waals surface area contributed by atoms with Gasteiger partial charge in [0.2, 0.25) is 5.91 Å². The van der Waals surface area contributed by atoms with Gasteiger partial charge < -0.3 is 10.2 Å². The lowest BCUT2D eigenvalue weighted by Crippen LogP contribution is -2.38. The zero-order valence-electron chi connectivity index (χ0n) is 18.0. The standard InChI is InChI=1S/C24H22ClFN6O/c1-15-2-7-19(14-20(15)26)27-24(33)17-10-12-31(13-11-17)22-9-8-21-28-29-23(32(21)30-22)16-3-5-18(25)6-4-16/h2-9,14,17H,10-13H2,1H3,(H,27,33). The first-order valence-electron chi connectivity index (χ1n) is 10.8. The van der Waals surface area contributed by atoms with Crippen LogP contribution >= 0.6 is 11.6 Å². The van der Waals surface area contributed by atoms with E-state index >= 15 is 0 Å². The summed E-state index contributed by atoms with van der Waals surface area (Å²) >= 11 is 6.00. The normalized spacial score (nSPS) is 14.6. The van der Waals surface area contributed by atoms with Crippen molar-refractivity contribution >= 4 is 34.7 Å². The molecule has 1 N–H and O–H groups in total. The highest BCUT2D eigenvalue weighted by molar-refractivity contribution is 6.30. The van der Waals surface area contributed by atoms with Gasteiger partial charge in [-0.15, -0.1) is 15.3 Å². The Kier molecular flexibility index (Phi) is 5.68. The van der Waals surface area contributed by atoms with Crippen LogP contribution in [0.1, 0.15) is 18.4 Å². The summed E-state index contributed by atoms with van der Waals surface area (Å²) in [5.41, 5.74) is 2.57. The number of aromatic nitrogens is 4. The molecular weight excluding hydrogens is 443 g/mol. The quantitative estimate of drug-likeness (QED) is 0.472. The van der Waals surface area contributed by atoms with Crippen molar-refractivity contribution in [3.8, 4) is 11.4 Å². The van der Waals surface area contributed by atoms with Crippen molar-refractivity contribution in [2.45, 2.75) is 19.8 Å². The SMILES string of the molecule is Cc1ccc(NC(=O)C2CCN(c3ccc4nnc(-c5ccc(Cl)cc5)n4n3)CC2)cc1F. The van der Waals surface area contributed by atoms with Crippen molar-refractivity contribution in [3.63, 3.8) is 0 Å². The highest BCUT2D eigenvalue weighted by Gasteiger charge is 2.26. The molecule has 1 amide bonds. The van der Waals surface area contributed by atoms with Gasteiger partial charge in [-0.3, -0.25) is 4.79 Å². The molecule has 0 bridgehead atoms. The second kappa shape index (κ2) is 8.78. The monoisotopic (exact) mass is 464 g/mol. The Bertz CT molecular complexity index is 1310. The van der Waals surface area contributed by atoms with E-state index in [-0.39, 0.29) is 17.6 Å². The number of carbonyl (C=O) groups is 1. The molecule has 0 spiro atoms. The third kappa shape index (κ3) is 4.39. The molecule has 33 heavy (non-hydrogen) atoms. The minimum atomic E-state index is -0.323. The van der Waals surface area contributed by atoms with Crippen LogP contribution in [-0.4, -0.2) is 38.8 Å². The van der Waals surface area contributed by atoms with Crippen molar-refractivity contribution in [3.05, 3.63) is 71.0 Å². The van der Waals surface area contributed by atoms with E-state index in [0.29, 0.717) is 53.7 Å². The van der Waals surface area contributed by atoms with Crippen LogP contribution in [0.4, 0.5) is 15.9 Å². The Morgan fingerprint density at radius 1 is 1.06 bits per heavy atom. The molecule has 2 aromatic carbocycles. The van der Waals surface area contributed by atoms with Crippen LogP contribution in [-0.2, 0) is 4.79 Å². The summed E-state index contributed by atoms with van der Waals surface area (Å²) < 4.78 is 15.5. The third-order valence-corrected chi connectivity index (χ3v) is 6.23. The van der Waals surface area contributed by atoms with Gasteiger partial charge in [0.15, 0.2) is 11.5 Å². The molecule has 0 radical (unpaired) electrons. The lowest BCUT2D eigenvalue weighted by atomic mass is 9.95. The molecular formula is C24H22ClFN6O. The number of nitrogens with zero attached hydrogens (tertiary/aromatic N) is 5. The number of amides is 1. The fourth-order valence-corrected chi connectivity index (χ4v) is 4.14. The van der Waals surface area contributed by atoms with Crippen molar-refractivity contribution in [2.24, 2.45) is 5.92 Å². The highest BCUT2D eigenvalue weighted by atomic mass is 35.5. The average Bonchev–Trinajstić information content (AvgIpc) is 3.25. The number of hydrogen-bond acceptors (Lipinski definition) is 5. The molecule has 7 nitrogen and oxygen atoms in total. The molecule has 1 aliphatic heterocycles. The van der Waals surface area contributed by atoms with Crippen molar-refractivity contribution in [1.29, 1.82) is 0 Å². The van der Waals surface area contributed by atoms with Crippen LogP contribution in [0.25, 0.3) is 17.0 Å². The molecule has 0 aliphatic carbocycles. The third-order valence-electron chi connectivity index (χ3n) is 5.98. The molecule has 0 atom stereocenters. The molecule has 0 unspecified atom stereocenters. The maximum absolute atomic E-state index is 13.8. The predicted molar refractivity (Wildman–Crippen MR) is 126 cm³/mol. The summed E-state index contributed by atoms with van der Waals surface area (Å²) in [6.45, 7) is 3.08. The Balaban J connectivity index is 1.28. The van der Waals surface area contributed by atoms with Crippen molar-refractivity contribution in [1.82, 2.24) is 19.8 Å². The fourth-order valence-electron chi connectivity index (χ4n) is 4.01. The summed E-state index contributed by atoms with van der Waals surface area (Å²) in [5.74, 6) is 0.912. The molecule has 1 saturated heterocycles. The molecule has 9 heteroatoms. The van der Waals surface area contributed by atoms with Gasteiger partial charge in [-0.1, -0.05) is 17.7 Å². The minimum Gasteiger partial charge on any atom is -0.355 e. The van der Waals surface area contributed by atoms with E-state index in [4.69, 9.17) is 16.7 Å². The topological polar surface area (TPSA) is 75.4 Å². The van der Waals surface area contributed by atoms with E-state index < -0.39 is 0 Å². The summed E-state index contributed by atoms with van der Waals surface area (Å²) in [5, 5.41) is 16.7. The van der Waals surface area contributed by atoms with Gasteiger partial charge in [0.1, 0.15) is 11.6 Å². The van der Waals surface area contributed by atoms with Gasteiger partial charge >= 0.3 is 0 Å². The number of anilines is 2. The number of nitrogens with one attached hydrogen (secondary N) is 1. The first-order valence-corrected chi connectivity index (χ1v) is 11.2. The van der Waals surface area contributed by atoms with Crippen LogP contribution in [0, 0.1) is 18.7 Å².